The van der Waals surface area contributed by atoms with E-state index in [0.29, 0.717) is 19.2 Å². The Morgan fingerprint density at radius 1 is 1.36 bits per heavy atom. The first-order chi connectivity index (χ1) is 10.7. The van der Waals surface area contributed by atoms with Gasteiger partial charge < -0.3 is 15.4 Å². The molecular weight excluding hydrogens is 318 g/mol. The Bertz CT molecular complexity index is 481. The zero-order valence-corrected chi connectivity index (χ0v) is 14.7. The normalized spacial score (nSPS) is 21.7. The maximum atomic E-state index is 5.84. The largest absolute Gasteiger partial charge is 0.492 e. The molecule has 2 atom stereocenters. The molecule has 122 valence electrons. The Balaban J connectivity index is 1.65. The molecule has 1 saturated carbocycles. The maximum absolute atomic E-state index is 5.84. The van der Waals surface area contributed by atoms with Gasteiger partial charge in [-0.1, -0.05) is 11.6 Å². The number of ether oxygens (including phenoxy) is 1. The summed E-state index contributed by atoms with van der Waals surface area (Å²) >= 11 is 7.80. The van der Waals surface area contributed by atoms with Crippen molar-refractivity contribution in [2.75, 3.05) is 26.5 Å². The van der Waals surface area contributed by atoms with E-state index in [1.165, 1.54) is 19.3 Å². The Hall–Kier alpha value is -1.07. The third kappa shape index (κ3) is 5.61. The molecule has 0 aliphatic heterocycles. The first kappa shape index (κ1) is 17.3. The first-order valence-electron chi connectivity index (χ1n) is 7.59. The summed E-state index contributed by atoms with van der Waals surface area (Å²) in [6.07, 6.45) is 5.90. The lowest BCUT2D eigenvalue weighted by atomic mass is 10.2. The van der Waals surface area contributed by atoms with Gasteiger partial charge in [0.15, 0.2) is 5.96 Å². The highest BCUT2D eigenvalue weighted by atomic mass is 35.5. The van der Waals surface area contributed by atoms with Crippen LogP contribution >= 0.6 is 23.4 Å². The van der Waals surface area contributed by atoms with Gasteiger partial charge in [-0.2, -0.15) is 11.8 Å². The molecule has 0 saturated heterocycles. The Labute approximate surface area is 142 Å². The minimum atomic E-state index is 0.529. The summed E-state index contributed by atoms with van der Waals surface area (Å²) in [6, 6.07) is 7.92. The van der Waals surface area contributed by atoms with E-state index < -0.39 is 0 Å². The van der Waals surface area contributed by atoms with Crippen molar-refractivity contribution >= 4 is 29.3 Å². The van der Waals surface area contributed by atoms with Crippen LogP contribution in [0.25, 0.3) is 0 Å². The van der Waals surface area contributed by atoms with Crippen LogP contribution in [0.3, 0.4) is 0 Å². The third-order valence-electron chi connectivity index (χ3n) is 3.76. The van der Waals surface area contributed by atoms with Gasteiger partial charge in [0, 0.05) is 23.4 Å². The quantitative estimate of drug-likeness (QED) is 0.474. The predicted octanol–water partition coefficient (Wildman–Crippen LogP) is 3.17. The molecule has 1 aliphatic rings. The molecule has 0 spiro atoms. The van der Waals surface area contributed by atoms with Gasteiger partial charge in [0.05, 0.1) is 6.54 Å². The zero-order valence-electron chi connectivity index (χ0n) is 13.1. The van der Waals surface area contributed by atoms with E-state index >= 15 is 0 Å². The summed E-state index contributed by atoms with van der Waals surface area (Å²) in [4.78, 5) is 4.27. The smallest absolute Gasteiger partial charge is 0.191 e. The second-order valence-corrected chi connectivity index (χ2v) is 6.89. The highest BCUT2D eigenvalue weighted by Crippen LogP contribution is 2.27. The molecule has 0 bridgehead atoms. The summed E-state index contributed by atoms with van der Waals surface area (Å²) in [7, 11) is 1.80. The predicted molar refractivity (Wildman–Crippen MR) is 96.4 cm³/mol. The number of nitrogens with one attached hydrogen (secondary N) is 2. The van der Waals surface area contributed by atoms with E-state index in [-0.39, 0.29) is 0 Å². The summed E-state index contributed by atoms with van der Waals surface area (Å²) in [5, 5.41) is 8.28. The van der Waals surface area contributed by atoms with E-state index in [4.69, 9.17) is 16.3 Å². The minimum absolute atomic E-state index is 0.529. The van der Waals surface area contributed by atoms with E-state index in [9.17, 15) is 0 Å². The van der Waals surface area contributed by atoms with Crippen molar-refractivity contribution in [2.45, 2.75) is 30.6 Å². The van der Waals surface area contributed by atoms with Crippen LogP contribution in [0.5, 0.6) is 5.75 Å². The maximum Gasteiger partial charge on any atom is 0.191 e. The molecule has 0 aromatic heterocycles. The van der Waals surface area contributed by atoms with Crippen molar-refractivity contribution in [1.82, 2.24) is 10.6 Å². The molecule has 0 radical (unpaired) electrons. The lowest BCUT2D eigenvalue weighted by molar-refractivity contribution is 0.321. The Morgan fingerprint density at radius 2 is 2.14 bits per heavy atom. The number of nitrogens with zero attached hydrogens (tertiary/aromatic N) is 1. The van der Waals surface area contributed by atoms with E-state index in [1.807, 2.05) is 36.0 Å². The molecule has 1 fully saturated rings. The number of thioether (sulfide) groups is 1. The van der Waals surface area contributed by atoms with Crippen LogP contribution in [-0.4, -0.2) is 43.7 Å². The second-order valence-electron chi connectivity index (χ2n) is 5.31. The lowest BCUT2D eigenvalue weighted by Crippen LogP contribution is -2.43. The van der Waals surface area contributed by atoms with Gasteiger partial charge in [-0.05, 0) is 49.8 Å². The Morgan fingerprint density at radius 3 is 2.77 bits per heavy atom. The van der Waals surface area contributed by atoms with Crippen LogP contribution in [0.4, 0.5) is 0 Å². The summed E-state index contributed by atoms with van der Waals surface area (Å²) in [5.74, 6) is 1.68. The molecule has 2 rings (SSSR count). The molecule has 1 aliphatic carbocycles. The van der Waals surface area contributed by atoms with Crippen LogP contribution in [0.2, 0.25) is 5.02 Å². The molecule has 2 unspecified atom stereocenters. The van der Waals surface area contributed by atoms with Gasteiger partial charge in [-0.15, -0.1) is 0 Å². The SMILES string of the molecule is CN=C(NCCOc1ccc(Cl)cc1)NC1CCC(SC)C1. The molecule has 4 nitrogen and oxygen atoms in total. The molecule has 0 heterocycles. The van der Waals surface area contributed by atoms with Gasteiger partial charge in [-0.25, -0.2) is 0 Å². The fourth-order valence-electron chi connectivity index (χ4n) is 2.54. The summed E-state index contributed by atoms with van der Waals surface area (Å²) in [6.45, 7) is 1.29. The summed E-state index contributed by atoms with van der Waals surface area (Å²) < 4.78 is 5.65. The van der Waals surface area contributed by atoms with E-state index in [2.05, 4.69) is 21.9 Å². The third-order valence-corrected chi connectivity index (χ3v) is 5.11. The molecule has 22 heavy (non-hydrogen) atoms. The fraction of sp³-hybridized carbons (Fsp3) is 0.562. The minimum Gasteiger partial charge on any atom is -0.492 e. The van der Waals surface area contributed by atoms with Gasteiger partial charge in [0.1, 0.15) is 12.4 Å². The number of rotatable bonds is 6. The fourth-order valence-corrected chi connectivity index (χ4v) is 3.46. The van der Waals surface area contributed by atoms with Crippen LogP contribution in [0.1, 0.15) is 19.3 Å². The van der Waals surface area contributed by atoms with Crippen molar-refractivity contribution in [3.63, 3.8) is 0 Å². The highest BCUT2D eigenvalue weighted by molar-refractivity contribution is 7.99. The van der Waals surface area contributed by atoms with Crippen molar-refractivity contribution in [1.29, 1.82) is 0 Å². The van der Waals surface area contributed by atoms with Crippen LogP contribution in [-0.2, 0) is 0 Å². The van der Waals surface area contributed by atoms with Gasteiger partial charge >= 0.3 is 0 Å². The average molecular weight is 342 g/mol. The van der Waals surface area contributed by atoms with Gasteiger partial charge in [0.25, 0.3) is 0 Å². The van der Waals surface area contributed by atoms with Crippen molar-refractivity contribution in [2.24, 2.45) is 4.99 Å². The molecule has 1 aromatic rings. The molecule has 0 amide bonds. The van der Waals surface area contributed by atoms with E-state index in [1.54, 1.807) is 7.05 Å². The number of guanidine groups is 1. The summed E-state index contributed by atoms with van der Waals surface area (Å²) in [5.41, 5.74) is 0. The topological polar surface area (TPSA) is 45.7 Å². The van der Waals surface area contributed by atoms with Crippen LogP contribution < -0.4 is 15.4 Å². The van der Waals surface area contributed by atoms with E-state index in [0.717, 1.165) is 22.0 Å². The number of hydrogen-bond acceptors (Lipinski definition) is 3. The van der Waals surface area contributed by atoms with Crippen molar-refractivity contribution in [3.8, 4) is 5.75 Å². The average Bonchev–Trinajstić information content (AvgIpc) is 2.99. The van der Waals surface area contributed by atoms with Crippen LogP contribution in [0, 0.1) is 0 Å². The molecule has 1 aromatic carbocycles. The number of benzene rings is 1. The monoisotopic (exact) mass is 341 g/mol. The lowest BCUT2D eigenvalue weighted by Gasteiger charge is -2.17. The van der Waals surface area contributed by atoms with Crippen LogP contribution in [0.15, 0.2) is 29.3 Å². The molecule has 6 heteroatoms. The van der Waals surface area contributed by atoms with Gasteiger partial charge in [0.2, 0.25) is 0 Å². The number of hydrogen-bond donors (Lipinski definition) is 2. The Kier molecular flexibility index (Phi) is 7.19. The second kappa shape index (κ2) is 9.16. The van der Waals surface area contributed by atoms with Crippen molar-refractivity contribution < 1.29 is 4.74 Å². The number of halogens is 1. The first-order valence-corrected chi connectivity index (χ1v) is 9.26. The number of aliphatic imine (C=N–C) groups is 1. The van der Waals surface area contributed by atoms with Gasteiger partial charge in [-0.3, -0.25) is 4.99 Å². The zero-order chi connectivity index (χ0) is 15.8. The highest BCUT2D eigenvalue weighted by Gasteiger charge is 2.24. The molecular formula is C16H24ClN3OS. The molecule has 2 N–H and O–H groups in total. The van der Waals surface area contributed by atoms with Crippen molar-refractivity contribution in [3.05, 3.63) is 29.3 Å². The standard InChI is InChI=1S/C16H24ClN3OS/c1-18-16(20-13-5-8-15(11-13)22-2)19-9-10-21-14-6-3-12(17)4-7-14/h3-4,6-7,13,15H,5,8-11H2,1-2H3,(H2,18,19,20).